The van der Waals surface area contributed by atoms with E-state index in [1.54, 1.807) is 0 Å². The number of para-hydroxylation sites is 1. The van der Waals surface area contributed by atoms with Gasteiger partial charge in [0, 0.05) is 27.8 Å². The van der Waals surface area contributed by atoms with E-state index in [1.807, 2.05) is 6.20 Å². The van der Waals surface area contributed by atoms with Crippen LogP contribution < -0.4 is 5.62 Å². The zero-order valence-corrected chi connectivity index (χ0v) is 42.7. The van der Waals surface area contributed by atoms with Gasteiger partial charge in [-0.1, -0.05) is 176 Å². The Balaban J connectivity index is 1.39. The van der Waals surface area contributed by atoms with Crippen molar-refractivity contribution in [1.82, 2.24) is 18.8 Å². The van der Waals surface area contributed by atoms with E-state index >= 15 is 0 Å². The molecule has 0 bridgehead atoms. The second kappa shape index (κ2) is 15.5. The molecule has 2 aliphatic carbocycles. The molecule has 5 heteroatoms. The third kappa shape index (κ3) is 6.26. The van der Waals surface area contributed by atoms with Gasteiger partial charge in [-0.3, -0.25) is 9.13 Å². The number of benzene rings is 6. The number of aromatic nitrogens is 4. The largest absolute Gasteiger partial charge is 0.275 e. The highest BCUT2D eigenvalue weighted by molar-refractivity contribution is 6.12. The molecule has 0 radical (unpaired) electrons. The lowest BCUT2D eigenvalue weighted by Crippen LogP contribution is -2.29. The number of hydrogen-bond donors (Lipinski definition) is 0. The van der Waals surface area contributed by atoms with Gasteiger partial charge in [-0.2, -0.15) is 0 Å². The van der Waals surface area contributed by atoms with Gasteiger partial charge in [-0.15, -0.1) is 5.10 Å². The number of hydrogen-bond acceptors (Lipinski definition) is 2. The summed E-state index contributed by atoms with van der Waals surface area (Å²) in [4.78, 5) is 5.37. The van der Waals surface area contributed by atoms with Crippen LogP contribution in [0, 0.1) is 0 Å². The highest BCUT2D eigenvalue weighted by Gasteiger charge is 2.39. The third-order valence-corrected chi connectivity index (χ3v) is 15.8. The van der Waals surface area contributed by atoms with Crippen LogP contribution in [0.5, 0.6) is 0 Å². The molecule has 0 spiro atoms. The average molecular weight is 894 g/mol. The predicted octanol–water partition coefficient (Wildman–Crippen LogP) is 16.5. The molecular formula is C63H67N5. The smallest absolute Gasteiger partial charge is 0.239 e. The van der Waals surface area contributed by atoms with Gasteiger partial charge in [-0.25, -0.2) is 9.66 Å². The third-order valence-electron chi connectivity index (χ3n) is 15.8. The molecule has 0 saturated heterocycles. The average Bonchev–Trinajstić information content (AvgIpc) is 3.94. The van der Waals surface area contributed by atoms with Crippen LogP contribution in [0.1, 0.15) is 177 Å². The number of imidazole rings is 1. The summed E-state index contributed by atoms with van der Waals surface area (Å²) in [5.74, 6) is 1.38. The van der Waals surface area contributed by atoms with E-state index in [0.717, 1.165) is 27.8 Å². The molecular weight excluding hydrogens is 827 g/mol. The van der Waals surface area contributed by atoms with Crippen molar-refractivity contribution in [2.75, 3.05) is 0 Å². The normalized spacial score (nSPS) is 15.0. The Morgan fingerprint density at radius 3 is 1.37 bits per heavy atom. The topological polar surface area (TPSA) is 40.0 Å². The maximum Gasteiger partial charge on any atom is 0.239 e. The zero-order valence-electron chi connectivity index (χ0n) is 42.7. The van der Waals surface area contributed by atoms with Gasteiger partial charge in [0.1, 0.15) is 0 Å². The van der Waals surface area contributed by atoms with Crippen LogP contribution in [-0.4, -0.2) is 18.8 Å². The van der Waals surface area contributed by atoms with Crippen molar-refractivity contribution in [2.24, 2.45) is 5.10 Å². The molecule has 0 unspecified atom stereocenters. The van der Waals surface area contributed by atoms with Crippen molar-refractivity contribution in [2.45, 2.75) is 137 Å². The van der Waals surface area contributed by atoms with E-state index < -0.39 is 0 Å². The molecule has 3 aromatic heterocycles. The van der Waals surface area contributed by atoms with Crippen molar-refractivity contribution >= 4 is 33.0 Å². The van der Waals surface area contributed by atoms with E-state index in [2.05, 4.69) is 226 Å². The zero-order chi connectivity index (χ0) is 47.9. The maximum atomic E-state index is 6.25. The summed E-state index contributed by atoms with van der Waals surface area (Å²) in [6.07, 6.45) is 1.96. The van der Waals surface area contributed by atoms with Gasteiger partial charge in [0.25, 0.3) is 0 Å². The first kappa shape index (κ1) is 44.1. The van der Waals surface area contributed by atoms with Gasteiger partial charge in [-0.05, 0) is 138 Å². The molecule has 9 aromatic rings. The Morgan fingerprint density at radius 1 is 0.426 bits per heavy atom. The van der Waals surface area contributed by atoms with E-state index in [0.29, 0.717) is 5.92 Å². The van der Waals surface area contributed by atoms with Crippen LogP contribution in [-0.2, 0) is 10.8 Å². The van der Waals surface area contributed by atoms with Crippen molar-refractivity contribution in [3.63, 3.8) is 0 Å². The fraction of sp³-hybridized carbons (Fsp3) is 0.333. The molecule has 0 atom stereocenters. The number of pyridine rings is 1. The fourth-order valence-corrected chi connectivity index (χ4v) is 12.1. The summed E-state index contributed by atoms with van der Waals surface area (Å²) in [6, 6.07) is 44.1. The monoisotopic (exact) mass is 894 g/mol. The van der Waals surface area contributed by atoms with Gasteiger partial charge < -0.3 is 0 Å². The van der Waals surface area contributed by atoms with Crippen LogP contribution in [0.25, 0.3) is 66.6 Å². The number of nitrogens with zero attached hydrogens (tertiary/aromatic N) is 5. The lowest BCUT2D eigenvalue weighted by Gasteiger charge is -2.24. The van der Waals surface area contributed by atoms with Gasteiger partial charge in [0.15, 0.2) is 5.65 Å². The first-order valence-electron chi connectivity index (χ1n) is 25.2. The van der Waals surface area contributed by atoms with E-state index in [9.17, 15) is 0 Å². The molecule has 344 valence electrons. The van der Waals surface area contributed by atoms with Crippen LogP contribution >= 0.6 is 0 Å². The summed E-state index contributed by atoms with van der Waals surface area (Å²) in [6.45, 7) is 32.8. The predicted molar refractivity (Wildman–Crippen MR) is 286 cm³/mol. The molecule has 0 N–H and O–H groups in total. The highest BCUT2D eigenvalue weighted by atomic mass is 15.4. The maximum absolute atomic E-state index is 6.25. The summed E-state index contributed by atoms with van der Waals surface area (Å²) < 4.78 is 7.25. The lowest BCUT2D eigenvalue weighted by atomic mass is 9.82. The van der Waals surface area contributed by atoms with Gasteiger partial charge in [0.05, 0.1) is 27.9 Å². The summed E-state index contributed by atoms with van der Waals surface area (Å²) in [5.41, 5.74) is 24.2. The highest BCUT2D eigenvalue weighted by Crippen LogP contribution is 2.54. The van der Waals surface area contributed by atoms with Crippen LogP contribution in [0.2, 0.25) is 0 Å². The minimum Gasteiger partial charge on any atom is -0.275 e. The summed E-state index contributed by atoms with van der Waals surface area (Å²) >= 11 is 0. The molecule has 0 saturated carbocycles. The number of fused-ring (bicyclic) bond motifs is 10. The SMILES string of the molecule is CC(C)c1cc(C(C)C)c(-n2c(=Nn3c4cc5c(cc4c4cc6c(cc43)C(C)(C)c3ccccc3-6)-c3ccccc3C5(C)C)n(-c3c(C(C)C)cccc3C(C)C)c3ncccc32)c(C(C)C)c1. The Kier molecular flexibility index (Phi) is 10.1. The van der Waals surface area contributed by atoms with Crippen LogP contribution in [0.15, 0.2) is 127 Å². The summed E-state index contributed by atoms with van der Waals surface area (Å²) in [5, 5.41) is 8.68. The van der Waals surface area contributed by atoms with E-state index in [-0.39, 0.29) is 34.5 Å². The Hall–Kier alpha value is -6.46. The molecule has 0 amide bonds. The Labute approximate surface area is 403 Å². The fourth-order valence-electron chi connectivity index (χ4n) is 12.1. The molecule has 6 aromatic carbocycles. The van der Waals surface area contributed by atoms with Gasteiger partial charge in [0.2, 0.25) is 5.62 Å². The second-order valence-electron chi connectivity index (χ2n) is 22.5. The molecule has 5 nitrogen and oxygen atoms in total. The Bertz CT molecular complexity index is 3440. The van der Waals surface area contributed by atoms with Crippen molar-refractivity contribution < 1.29 is 0 Å². The minimum absolute atomic E-state index is 0.193. The van der Waals surface area contributed by atoms with E-state index in [1.165, 1.54) is 94.5 Å². The van der Waals surface area contributed by atoms with Crippen molar-refractivity contribution in [3.8, 4) is 33.6 Å². The Morgan fingerprint density at radius 2 is 0.897 bits per heavy atom. The lowest BCUT2D eigenvalue weighted by molar-refractivity contribution is 0.660. The summed E-state index contributed by atoms with van der Waals surface area (Å²) in [7, 11) is 0. The first-order valence-corrected chi connectivity index (χ1v) is 25.2. The second-order valence-corrected chi connectivity index (χ2v) is 22.5. The standard InChI is InChI=1S/C63H67N5/c1-35(2)40-29-45(38(7)8)59(46(30-40)39(9)10)66-55-27-20-28-64-60(55)67(58-41(36(3)4)23-19-24-42(58)37(5)6)61(66)65-68-56-33-53-47(43-21-15-17-25-51(43)62(53,11)12)31-49(56)50-32-48-44-22-16-18-26-52(44)63(13,14)54(48)34-57(50)68/h15-39H,1-14H3. The van der Waals surface area contributed by atoms with Crippen molar-refractivity contribution in [1.29, 1.82) is 0 Å². The molecule has 3 heterocycles. The molecule has 2 aliphatic rings. The van der Waals surface area contributed by atoms with Crippen LogP contribution in [0.3, 0.4) is 0 Å². The molecule has 11 rings (SSSR count). The van der Waals surface area contributed by atoms with E-state index in [4.69, 9.17) is 10.1 Å². The molecule has 0 aliphatic heterocycles. The first-order chi connectivity index (χ1) is 32.4. The van der Waals surface area contributed by atoms with Crippen molar-refractivity contribution in [3.05, 3.63) is 177 Å². The minimum atomic E-state index is -0.193. The molecule has 68 heavy (non-hydrogen) atoms. The quantitative estimate of drug-likeness (QED) is 0.150. The molecule has 0 fully saturated rings. The van der Waals surface area contributed by atoms with Crippen LogP contribution in [0.4, 0.5) is 0 Å². The van der Waals surface area contributed by atoms with Gasteiger partial charge >= 0.3 is 0 Å². The number of rotatable bonds is 8.